The number of thiocarbonyl (C=S) groups is 1. The fourth-order valence-electron chi connectivity index (χ4n) is 2.58. The van der Waals surface area contributed by atoms with Crippen molar-refractivity contribution in [1.82, 2.24) is 14.5 Å². The first-order valence-corrected chi connectivity index (χ1v) is 10.4. The third-order valence-electron chi connectivity index (χ3n) is 4.13. The van der Waals surface area contributed by atoms with Crippen LogP contribution in [0.1, 0.15) is 11.6 Å². The molecular formula is C19H26N4O2S2. The van der Waals surface area contributed by atoms with Crippen molar-refractivity contribution in [2.45, 2.75) is 10.9 Å². The zero-order chi connectivity index (χ0) is 20.0. The van der Waals surface area contributed by atoms with Crippen molar-refractivity contribution in [2.24, 2.45) is 0 Å². The highest BCUT2D eigenvalue weighted by Crippen LogP contribution is 2.19. The van der Waals surface area contributed by atoms with Gasteiger partial charge in [-0.15, -0.1) is 0 Å². The summed E-state index contributed by atoms with van der Waals surface area (Å²) in [6.07, 6.45) is 0. The molecule has 0 radical (unpaired) electrons. The molecule has 0 unspecified atom stereocenters. The molecule has 2 rings (SSSR count). The summed E-state index contributed by atoms with van der Waals surface area (Å²) in [6, 6.07) is 16.9. The summed E-state index contributed by atoms with van der Waals surface area (Å²) in [7, 11) is 3.57. The van der Waals surface area contributed by atoms with Crippen LogP contribution in [0.2, 0.25) is 0 Å². The van der Waals surface area contributed by atoms with Crippen LogP contribution in [0.5, 0.6) is 0 Å². The van der Waals surface area contributed by atoms with E-state index in [1.807, 2.05) is 32.3 Å². The Labute approximate surface area is 167 Å². The molecule has 2 N–H and O–H groups in total. The van der Waals surface area contributed by atoms with Crippen LogP contribution in [0.25, 0.3) is 0 Å². The van der Waals surface area contributed by atoms with E-state index in [-0.39, 0.29) is 10.9 Å². The SMILES string of the molecule is CN(C)[C@@H](CNC(=S)Nc1cccc(S(=O)(=O)N(C)C)c1)c1ccccc1. The van der Waals surface area contributed by atoms with E-state index < -0.39 is 10.0 Å². The maximum absolute atomic E-state index is 12.3. The molecule has 6 nitrogen and oxygen atoms in total. The molecule has 1 atom stereocenters. The summed E-state index contributed by atoms with van der Waals surface area (Å²) in [5, 5.41) is 6.71. The van der Waals surface area contributed by atoms with Crippen LogP contribution in [0.4, 0.5) is 5.69 Å². The summed E-state index contributed by atoms with van der Waals surface area (Å²) in [4.78, 5) is 2.34. The molecule has 0 aliphatic rings. The largest absolute Gasteiger partial charge is 0.361 e. The second-order valence-electron chi connectivity index (χ2n) is 6.54. The second-order valence-corrected chi connectivity index (χ2v) is 9.10. The molecule has 2 aromatic carbocycles. The van der Waals surface area contributed by atoms with Gasteiger partial charge in [0.25, 0.3) is 0 Å². The van der Waals surface area contributed by atoms with Gasteiger partial charge in [-0.2, -0.15) is 0 Å². The van der Waals surface area contributed by atoms with Crippen LogP contribution in [-0.2, 0) is 10.0 Å². The summed E-state index contributed by atoms with van der Waals surface area (Å²) in [5.74, 6) is 0. The number of sulfonamides is 1. The number of anilines is 1. The molecule has 146 valence electrons. The Morgan fingerprint density at radius 3 is 2.30 bits per heavy atom. The standard InChI is InChI=1S/C19H26N4O2S2/c1-22(2)18(15-9-6-5-7-10-15)14-20-19(26)21-16-11-8-12-17(13-16)27(24,25)23(3)4/h5-13,18H,14H2,1-4H3,(H2,20,21,26)/t18-/m0/s1. The maximum Gasteiger partial charge on any atom is 0.242 e. The van der Waals surface area contributed by atoms with Crippen molar-refractivity contribution in [2.75, 3.05) is 40.1 Å². The Morgan fingerprint density at radius 2 is 1.70 bits per heavy atom. The molecule has 2 aromatic rings. The van der Waals surface area contributed by atoms with Crippen molar-refractivity contribution in [3.63, 3.8) is 0 Å². The van der Waals surface area contributed by atoms with Crippen LogP contribution < -0.4 is 10.6 Å². The highest BCUT2D eigenvalue weighted by molar-refractivity contribution is 7.89. The number of nitrogens with zero attached hydrogens (tertiary/aromatic N) is 2. The minimum absolute atomic E-state index is 0.159. The molecule has 0 heterocycles. The summed E-state index contributed by atoms with van der Waals surface area (Å²) < 4.78 is 25.7. The predicted octanol–water partition coefficient (Wildman–Crippen LogP) is 2.53. The van der Waals surface area contributed by atoms with Crippen LogP contribution >= 0.6 is 12.2 Å². The summed E-state index contributed by atoms with van der Waals surface area (Å²) in [5.41, 5.74) is 1.81. The Kier molecular flexibility index (Phi) is 7.32. The number of nitrogens with one attached hydrogen (secondary N) is 2. The fraction of sp³-hybridized carbons (Fsp3) is 0.316. The van der Waals surface area contributed by atoms with Gasteiger partial charge in [0.1, 0.15) is 0 Å². The Hall–Kier alpha value is -2.00. The van der Waals surface area contributed by atoms with E-state index in [0.717, 1.165) is 0 Å². The van der Waals surface area contributed by atoms with Gasteiger partial charge in [-0.05, 0) is 50.1 Å². The van der Waals surface area contributed by atoms with Gasteiger partial charge in [0.2, 0.25) is 10.0 Å². The normalized spacial score (nSPS) is 12.8. The van der Waals surface area contributed by atoms with Crippen molar-refractivity contribution in [3.8, 4) is 0 Å². The first-order valence-electron chi connectivity index (χ1n) is 8.50. The van der Waals surface area contributed by atoms with E-state index in [1.165, 1.54) is 24.0 Å². The van der Waals surface area contributed by atoms with Gasteiger partial charge in [-0.25, -0.2) is 12.7 Å². The van der Waals surface area contributed by atoms with Gasteiger partial charge in [0.15, 0.2) is 5.11 Å². The molecule has 0 saturated heterocycles. The lowest BCUT2D eigenvalue weighted by Gasteiger charge is -2.25. The van der Waals surface area contributed by atoms with Crippen molar-refractivity contribution < 1.29 is 8.42 Å². The third kappa shape index (κ3) is 5.74. The molecule has 0 bridgehead atoms. The van der Waals surface area contributed by atoms with E-state index in [2.05, 4.69) is 27.7 Å². The molecule has 0 aromatic heterocycles. The fourth-order valence-corrected chi connectivity index (χ4v) is 3.73. The molecule has 0 amide bonds. The summed E-state index contributed by atoms with van der Waals surface area (Å²) in [6.45, 7) is 0.624. The lowest BCUT2D eigenvalue weighted by atomic mass is 10.1. The van der Waals surface area contributed by atoms with E-state index >= 15 is 0 Å². The van der Waals surface area contributed by atoms with Crippen molar-refractivity contribution in [1.29, 1.82) is 0 Å². The van der Waals surface area contributed by atoms with Gasteiger partial charge in [0.05, 0.1) is 10.9 Å². The van der Waals surface area contributed by atoms with Crippen LogP contribution in [0.15, 0.2) is 59.5 Å². The van der Waals surface area contributed by atoms with E-state index in [4.69, 9.17) is 12.2 Å². The predicted molar refractivity (Wildman–Crippen MR) is 114 cm³/mol. The molecule has 27 heavy (non-hydrogen) atoms. The molecule has 0 fully saturated rings. The average Bonchev–Trinajstić information content (AvgIpc) is 2.62. The Balaban J connectivity index is 2.03. The van der Waals surface area contributed by atoms with Gasteiger partial charge in [-0.1, -0.05) is 36.4 Å². The number of hydrogen-bond donors (Lipinski definition) is 2. The highest BCUT2D eigenvalue weighted by Gasteiger charge is 2.18. The third-order valence-corrected chi connectivity index (χ3v) is 6.19. The minimum atomic E-state index is -3.49. The topological polar surface area (TPSA) is 64.7 Å². The van der Waals surface area contributed by atoms with Gasteiger partial charge in [-0.3, -0.25) is 0 Å². The van der Waals surface area contributed by atoms with Crippen molar-refractivity contribution in [3.05, 3.63) is 60.2 Å². The zero-order valence-electron chi connectivity index (χ0n) is 16.0. The molecule has 0 spiro atoms. The van der Waals surface area contributed by atoms with E-state index in [0.29, 0.717) is 17.3 Å². The first-order chi connectivity index (χ1) is 12.7. The van der Waals surface area contributed by atoms with Crippen LogP contribution in [0.3, 0.4) is 0 Å². The lowest BCUT2D eigenvalue weighted by molar-refractivity contribution is 0.299. The second kappa shape index (κ2) is 9.27. The number of likely N-dealkylation sites (N-methyl/N-ethyl adjacent to an activating group) is 1. The van der Waals surface area contributed by atoms with E-state index in [9.17, 15) is 8.42 Å². The molecule has 0 saturated carbocycles. The molecular weight excluding hydrogens is 380 g/mol. The Bertz CT molecular complexity index is 868. The number of hydrogen-bond acceptors (Lipinski definition) is 4. The quantitative estimate of drug-likeness (QED) is 0.689. The van der Waals surface area contributed by atoms with E-state index in [1.54, 1.807) is 24.3 Å². The van der Waals surface area contributed by atoms with Gasteiger partial charge in [0, 0.05) is 26.3 Å². The molecule has 0 aliphatic heterocycles. The number of rotatable bonds is 7. The smallest absolute Gasteiger partial charge is 0.242 e. The lowest BCUT2D eigenvalue weighted by Crippen LogP contribution is -2.36. The minimum Gasteiger partial charge on any atom is -0.361 e. The van der Waals surface area contributed by atoms with Crippen LogP contribution in [0, 0.1) is 0 Å². The van der Waals surface area contributed by atoms with Crippen molar-refractivity contribution >= 4 is 33.0 Å². The van der Waals surface area contributed by atoms with Crippen LogP contribution in [-0.4, -0.2) is 57.5 Å². The van der Waals surface area contributed by atoms with Gasteiger partial charge >= 0.3 is 0 Å². The average molecular weight is 407 g/mol. The monoisotopic (exact) mass is 406 g/mol. The Morgan fingerprint density at radius 1 is 1.04 bits per heavy atom. The summed E-state index contributed by atoms with van der Waals surface area (Å²) >= 11 is 5.38. The highest BCUT2D eigenvalue weighted by atomic mass is 32.2. The zero-order valence-corrected chi connectivity index (χ0v) is 17.6. The first kappa shape index (κ1) is 21.3. The molecule has 0 aliphatic carbocycles. The number of benzene rings is 2. The molecule has 8 heteroatoms. The van der Waals surface area contributed by atoms with Gasteiger partial charge < -0.3 is 15.5 Å². The maximum atomic E-state index is 12.3.